The van der Waals surface area contributed by atoms with Gasteiger partial charge in [-0.05, 0) is 49.7 Å². The zero-order chi connectivity index (χ0) is 18.5. The van der Waals surface area contributed by atoms with Crippen LogP contribution in [-0.2, 0) is 16.0 Å². The average Bonchev–Trinajstić information content (AvgIpc) is 3.27. The number of hydrogen-bond acceptors (Lipinski definition) is 4. The van der Waals surface area contributed by atoms with Crippen LogP contribution in [0.5, 0.6) is 0 Å². The molecule has 1 N–H and O–H groups in total. The summed E-state index contributed by atoms with van der Waals surface area (Å²) in [5.41, 5.74) is 1.87. The van der Waals surface area contributed by atoms with Gasteiger partial charge in [0, 0.05) is 30.1 Å². The molecule has 1 aliphatic heterocycles. The van der Waals surface area contributed by atoms with Crippen LogP contribution in [0.25, 0.3) is 0 Å². The van der Waals surface area contributed by atoms with Crippen molar-refractivity contribution in [3.8, 4) is 0 Å². The summed E-state index contributed by atoms with van der Waals surface area (Å²) in [5.74, 6) is 0.192. The second-order valence-corrected chi connectivity index (χ2v) is 7.77. The number of nitrogens with one attached hydrogen (secondary N) is 1. The van der Waals surface area contributed by atoms with Gasteiger partial charge in [0.25, 0.3) is 0 Å². The second kappa shape index (κ2) is 8.47. The van der Waals surface area contributed by atoms with E-state index < -0.39 is 0 Å². The van der Waals surface area contributed by atoms with Crippen LogP contribution >= 0.6 is 11.3 Å². The predicted octanol–water partition coefficient (Wildman–Crippen LogP) is 2.84. The van der Waals surface area contributed by atoms with Crippen molar-refractivity contribution >= 4 is 28.8 Å². The van der Waals surface area contributed by atoms with Gasteiger partial charge < -0.3 is 15.1 Å². The maximum absolute atomic E-state index is 12.3. The smallest absolute Gasteiger partial charge is 0.227 e. The molecule has 3 rings (SSSR count). The Bertz CT molecular complexity index is 741. The fourth-order valence-electron chi connectivity index (χ4n) is 3.19. The van der Waals surface area contributed by atoms with Gasteiger partial charge in [-0.3, -0.25) is 9.59 Å². The Balaban J connectivity index is 1.53. The normalized spacial score (nSPS) is 15.5. The summed E-state index contributed by atoms with van der Waals surface area (Å²) < 4.78 is 0. The van der Waals surface area contributed by atoms with E-state index in [4.69, 9.17) is 0 Å². The maximum Gasteiger partial charge on any atom is 0.227 e. The Labute approximate surface area is 158 Å². The first-order chi connectivity index (χ1) is 12.5. The highest BCUT2D eigenvalue weighted by Gasteiger charge is 2.21. The molecule has 5 nitrogen and oxygen atoms in total. The highest BCUT2D eigenvalue weighted by molar-refractivity contribution is 7.10. The molecule has 1 atom stereocenters. The molecule has 0 bridgehead atoms. The summed E-state index contributed by atoms with van der Waals surface area (Å²) >= 11 is 1.70. The van der Waals surface area contributed by atoms with Crippen LogP contribution in [-0.4, -0.2) is 43.9 Å². The number of amides is 2. The summed E-state index contributed by atoms with van der Waals surface area (Å²) in [6, 6.07) is 12.0. The molecule has 6 heteroatoms. The van der Waals surface area contributed by atoms with Gasteiger partial charge in [0.15, 0.2) is 0 Å². The van der Waals surface area contributed by atoms with E-state index in [0.29, 0.717) is 19.4 Å². The molecule has 0 spiro atoms. The first kappa shape index (κ1) is 18.6. The Hall–Kier alpha value is -2.18. The molecule has 1 saturated heterocycles. The summed E-state index contributed by atoms with van der Waals surface area (Å²) in [6.45, 7) is 1.38. The molecule has 2 heterocycles. The molecule has 2 amide bonds. The number of benzene rings is 1. The van der Waals surface area contributed by atoms with Crippen LogP contribution < -0.4 is 10.2 Å². The van der Waals surface area contributed by atoms with E-state index in [-0.39, 0.29) is 17.9 Å². The molecule has 2 aromatic rings. The standard InChI is InChI=1S/C20H25N3O2S/c1-22(2)17(18-5-4-12-26-18)14-21-19(24)13-15-7-9-16(10-8-15)23-11-3-6-20(23)25/h4-5,7-10,12,17H,3,6,11,13-14H2,1-2H3,(H,21,24). The van der Waals surface area contributed by atoms with Crippen molar-refractivity contribution in [1.82, 2.24) is 10.2 Å². The minimum Gasteiger partial charge on any atom is -0.354 e. The van der Waals surface area contributed by atoms with Gasteiger partial charge in [0.05, 0.1) is 12.5 Å². The lowest BCUT2D eigenvalue weighted by Gasteiger charge is -2.23. The summed E-state index contributed by atoms with van der Waals surface area (Å²) in [6.07, 6.45) is 1.89. The number of rotatable bonds is 7. The SMILES string of the molecule is CN(C)C(CNC(=O)Cc1ccc(N2CCCC2=O)cc1)c1cccs1. The maximum atomic E-state index is 12.3. The Morgan fingerprint density at radius 3 is 2.62 bits per heavy atom. The van der Waals surface area contributed by atoms with E-state index >= 15 is 0 Å². The molecule has 1 aromatic heterocycles. The van der Waals surface area contributed by atoms with Gasteiger partial charge in [-0.2, -0.15) is 0 Å². The van der Waals surface area contributed by atoms with E-state index in [0.717, 1.165) is 24.2 Å². The number of likely N-dealkylation sites (N-methyl/N-ethyl adjacent to an activating group) is 1. The Morgan fingerprint density at radius 1 is 1.27 bits per heavy atom. The van der Waals surface area contributed by atoms with Crippen LogP contribution in [0.1, 0.15) is 29.3 Å². The number of nitrogens with zero attached hydrogens (tertiary/aromatic N) is 2. The third-order valence-electron chi connectivity index (χ3n) is 4.67. The van der Waals surface area contributed by atoms with Gasteiger partial charge in [-0.15, -0.1) is 11.3 Å². The third-order valence-corrected chi connectivity index (χ3v) is 5.65. The summed E-state index contributed by atoms with van der Waals surface area (Å²) in [5, 5.41) is 5.10. The molecule has 0 saturated carbocycles. The Kier molecular flexibility index (Phi) is 6.06. The van der Waals surface area contributed by atoms with E-state index in [1.807, 2.05) is 49.3 Å². The van der Waals surface area contributed by atoms with Crippen molar-refractivity contribution in [1.29, 1.82) is 0 Å². The molecule has 26 heavy (non-hydrogen) atoms. The summed E-state index contributed by atoms with van der Waals surface area (Å²) in [4.78, 5) is 29.3. The fourth-order valence-corrected chi connectivity index (χ4v) is 4.11. The van der Waals surface area contributed by atoms with Crippen LogP contribution in [0.15, 0.2) is 41.8 Å². The largest absolute Gasteiger partial charge is 0.354 e. The number of carbonyl (C=O) groups is 2. The number of thiophene rings is 1. The van der Waals surface area contributed by atoms with Gasteiger partial charge in [-0.1, -0.05) is 18.2 Å². The van der Waals surface area contributed by atoms with Crippen molar-refractivity contribution in [2.75, 3.05) is 32.1 Å². The average molecular weight is 372 g/mol. The zero-order valence-electron chi connectivity index (χ0n) is 15.3. The highest BCUT2D eigenvalue weighted by atomic mass is 32.1. The minimum absolute atomic E-state index is 0.0124. The summed E-state index contributed by atoms with van der Waals surface area (Å²) in [7, 11) is 4.05. The lowest BCUT2D eigenvalue weighted by Crippen LogP contribution is -2.34. The predicted molar refractivity (Wildman–Crippen MR) is 105 cm³/mol. The highest BCUT2D eigenvalue weighted by Crippen LogP contribution is 2.23. The number of hydrogen-bond donors (Lipinski definition) is 1. The molecule has 138 valence electrons. The Morgan fingerprint density at radius 2 is 2.04 bits per heavy atom. The van der Waals surface area contributed by atoms with E-state index in [9.17, 15) is 9.59 Å². The van der Waals surface area contributed by atoms with Gasteiger partial charge >= 0.3 is 0 Å². The molecular formula is C20H25N3O2S. The molecule has 0 aliphatic carbocycles. The quantitative estimate of drug-likeness (QED) is 0.814. The topological polar surface area (TPSA) is 52.7 Å². The lowest BCUT2D eigenvalue weighted by atomic mass is 10.1. The third kappa shape index (κ3) is 4.51. The van der Waals surface area contributed by atoms with E-state index in [1.54, 1.807) is 11.3 Å². The second-order valence-electron chi connectivity index (χ2n) is 6.79. The van der Waals surface area contributed by atoms with Crippen molar-refractivity contribution < 1.29 is 9.59 Å². The minimum atomic E-state index is 0.0124. The zero-order valence-corrected chi connectivity index (χ0v) is 16.1. The van der Waals surface area contributed by atoms with Crippen LogP contribution in [0.3, 0.4) is 0 Å². The van der Waals surface area contributed by atoms with Crippen LogP contribution in [0.2, 0.25) is 0 Å². The van der Waals surface area contributed by atoms with E-state index in [1.165, 1.54) is 4.88 Å². The van der Waals surface area contributed by atoms with Crippen molar-refractivity contribution in [2.45, 2.75) is 25.3 Å². The van der Waals surface area contributed by atoms with Crippen molar-refractivity contribution in [2.24, 2.45) is 0 Å². The molecule has 1 aliphatic rings. The molecular weight excluding hydrogens is 346 g/mol. The van der Waals surface area contributed by atoms with E-state index in [2.05, 4.69) is 21.7 Å². The van der Waals surface area contributed by atoms with Gasteiger partial charge in [-0.25, -0.2) is 0 Å². The molecule has 1 unspecified atom stereocenters. The number of anilines is 1. The lowest BCUT2D eigenvalue weighted by molar-refractivity contribution is -0.120. The van der Waals surface area contributed by atoms with Gasteiger partial charge in [0.1, 0.15) is 0 Å². The van der Waals surface area contributed by atoms with Crippen molar-refractivity contribution in [3.63, 3.8) is 0 Å². The fraction of sp³-hybridized carbons (Fsp3) is 0.400. The molecule has 1 aromatic carbocycles. The first-order valence-corrected chi connectivity index (χ1v) is 9.78. The first-order valence-electron chi connectivity index (χ1n) is 8.90. The monoisotopic (exact) mass is 371 g/mol. The van der Waals surface area contributed by atoms with Crippen molar-refractivity contribution in [3.05, 3.63) is 52.2 Å². The van der Waals surface area contributed by atoms with Crippen LogP contribution in [0, 0.1) is 0 Å². The van der Waals surface area contributed by atoms with Crippen LogP contribution in [0.4, 0.5) is 5.69 Å². The van der Waals surface area contributed by atoms with Gasteiger partial charge in [0.2, 0.25) is 11.8 Å². The number of carbonyl (C=O) groups excluding carboxylic acids is 2. The molecule has 1 fully saturated rings. The molecule has 0 radical (unpaired) electrons.